The van der Waals surface area contributed by atoms with Crippen molar-refractivity contribution in [3.8, 4) is 0 Å². The molecule has 1 saturated heterocycles. The van der Waals surface area contributed by atoms with E-state index in [1.807, 2.05) is 17.7 Å². The van der Waals surface area contributed by atoms with Gasteiger partial charge in [-0.2, -0.15) is 5.10 Å². The zero-order chi connectivity index (χ0) is 29.0. The van der Waals surface area contributed by atoms with Crippen molar-refractivity contribution in [2.45, 2.75) is 39.3 Å². The molecule has 2 aromatic carbocycles. The lowest BCUT2D eigenvalue weighted by molar-refractivity contribution is -0.135. The number of thiophene rings is 1. The molecular formula is C28H22Cl2N6O4S. The molecule has 41 heavy (non-hydrogen) atoms. The molecule has 10 nitrogen and oxygen atoms in total. The number of fused-ring (bicyclic) bond motifs is 2. The number of hydrogen-bond acceptors (Lipinski definition) is 7. The van der Waals surface area contributed by atoms with Gasteiger partial charge < -0.3 is 5.32 Å². The van der Waals surface area contributed by atoms with Gasteiger partial charge in [-0.1, -0.05) is 35.3 Å². The molecule has 0 spiro atoms. The molecule has 1 aliphatic rings. The number of halogens is 2. The van der Waals surface area contributed by atoms with Crippen LogP contribution in [-0.2, 0) is 16.1 Å². The van der Waals surface area contributed by atoms with Gasteiger partial charge in [0.15, 0.2) is 0 Å². The smallest absolute Gasteiger partial charge is 0.265 e. The van der Waals surface area contributed by atoms with Crippen molar-refractivity contribution in [2.75, 3.05) is 5.32 Å². The van der Waals surface area contributed by atoms with Crippen molar-refractivity contribution in [3.63, 3.8) is 0 Å². The molecule has 2 N–H and O–H groups in total. The van der Waals surface area contributed by atoms with Crippen molar-refractivity contribution in [1.29, 1.82) is 0 Å². The number of amides is 3. The Morgan fingerprint density at radius 3 is 2.68 bits per heavy atom. The quantitative estimate of drug-likeness (QED) is 0.270. The molecule has 1 aliphatic heterocycles. The van der Waals surface area contributed by atoms with E-state index in [9.17, 15) is 19.2 Å². The Balaban J connectivity index is 1.32. The highest BCUT2D eigenvalue weighted by molar-refractivity contribution is 7.20. The molecule has 6 rings (SSSR count). The van der Waals surface area contributed by atoms with Crippen LogP contribution in [0.25, 0.3) is 21.1 Å². The fourth-order valence-electron chi connectivity index (χ4n) is 5.05. The number of nitrogens with one attached hydrogen (secondary N) is 2. The van der Waals surface area contributed by atoms with Crippen molar-refractivity contribution in [2.24, 2.45) is 0 Å². The maximum absolute atomic E-state index is 13.5. The molecule has 0 radical (unpaired) electrons. The highest BCUT2D eigenvalue weighted by Crippen LogP contribution is 2.31. The predicted octanol–water partition coefficient (Wildman–Crippen LogP) is 5.01. The number of hydrogen-bond donors (Lipinski definition) is 2. The third-order valence-corrected chi connectivity index (χ3v) is 8.78. The largest absolute Gasteiger partial charge is 0.319 e. The fourth-order valence-corrected chi connectivity index (χ4v) is 6.58. The average molecular weight is 609 g/mol. The number of benzene rings is 2. The number of rotatable bonds is 5. The van der Waals surface area contributed by atoms with Crippen LogP contribution in [0.2, 0.25) is 10.0 Å². The number of aryl methyl sites for hydroxylation is 2. The van der Waals surface area contributed by atoms with Crippen LogP contribution in [0.4, 0.5) is 5.69 Å². The molecule has 3 aromatic heterocycles. The minimum absolute atomic E-state index is 0.134. The number of piperidine rings is 1. The fraction of sp³-hybridized carbons (Fsp3) is 0.214. The third kappa shape index (κ3) is 4.90. The van der Waals surface area contributed by atoms with E-state index >= 15 is 0 Å². The van der Waals surface area contributed by atoms with E-state index in [4.69, 9.17) is 23.2 Å². The number of carbonyl (C=O) groups excluding carboxylic acids is 3. The van der Waals surface area contributed by atoms with Gasteiger partial charge in [0.2, 0.25) is 11.8 Å². The molecule has 4 heterocycles. The molecule has 0 bridgehead atoms. The second-order valence-corrected chi connectivity index (χ2v) is 11.6. The summed E-state index contributed by atoms with van der Waals surface area (Å²) in [5, 5.41) is 12.0. The lowest BCUT2D eigenvalue weighted by Gasteiger charge is -2.24. The van der Waals surface area contributed by atoms with Crippen LogP contribution in [0.15, 0.2) is 47.3 Å². The van der Waals surface area contributed by atoms with E-state index in [1.54, 1.807) is 43.3 Å². The monoisotopic (exact) mass is 608 g/mol. The first-order valence-corrected chi connectivity index (χ1v) is 14.3. The summed E-state index contributed by atoms with van der Waals surface area (Å²) in [7, 11) is 0. The molecular weight excluding hydrogens is 587 g/mol. The highest BCUT2D eigenvalue weighted by Gasteiger charge is 2.31. The van der Waals surface area contributed by atoms with Gasteiger partial charge in [0, 0.05) is 21.9 Å². The van der Waals surface area contributed by atoms with E-state index in [2.05, 4.69) is 20.7 Å². The van der Waals surface area contributed by atoms with Crippen molar-refractivity contribution in [1.82, 2.24) is 24.6 Å². The summed E-state index contributed by atoms with van der Waals surface area (Å²) in [6.07, 6.45) is 0.345. The Hall–Kier alpha value is -4.06. The number of nitrogens with zero attached hydrogens (tertiary/aromatic N) is 4. The minimum atomic E-state index is -0.834. The van der Waals surface area contributed by atoms with Crippen molar-refractivity contribution < 1.29 is 14.4 Å². The Morgan fingerprint density at radius 2 is 1.93 bits per heavy atom. The van der Waals surface area contributed by atoms with Crippen LogP contribution in [0, 0.1) is 13.8 Å². The summed E-state index contributed by atoms with van der Waals surface area (Å²) < 4.78 is 3.12. The van der Waals surface area contributed by atoms with Gasteiger partial charge in [0.25, 0.3) is 11.5 Å². The second kappa shape index (κ2) is 10.4. The Morgan fingerprint density at radius 1 is 1.12 bits per heavy atom. The molecule has 5 aromatic rings. The Bertz CT molecular complexity index is 1980. The van der Waals surface area contributed by atoms with Crippen LogP contribution in [0.5, 0.6) is 0 Å². The highest BCUT2D eigenvalue weighted by atomic mass is 35.5. The summed E-state index contributed by atoms with van der Waals surface area (Å²) in [5.74, 6) is -0.956. The maximum Gasteiger partial charge on any atom is 0.265 e. The average Bonchev–Trinajstić information content (AvgIpc) is 3.48. The number of imide groups is 1. The van der Waals surface area contributed by atoms with Crippen LogP contribution in [0.3, 0.4) is 0 Å². The Labute approximate surface area is 246 Å². The molecule has 1 unspecified atom stereocenters. The van der Waals surface area contributed by atoms with Crippen molar-refractivity contribution >= 4 is 79.1 Å². The maximum atomic E-state index is 13.5. The minimum Gasteiger partial charge on any atom is -0.319 e. The van der Waals surface area contributed by atoms with E-state index in [-0.39, 0.29) is 30.0 Å². The number of anilines is 1. The van der Waals surface area contributed by atoms with Gasteiger partial charge >= 0.3 is 0 Å². The van der Waals surface area contributed by atoms with Crippen LogP contribution < -0.4 is 16.2 Å². The number of carbonyl (C=O) groups is 3. The lowest BCUT2D eigenvalue weighted by Crippen LogP contribution is -2.45. The second-order valence-electron chi connectivity index (χ2n) is 9.77. The summed E-state index contributed by atoms with van der Waals surface area (Å²) in [6, 6.07) is 11.2. The molecule has 1 atom stereocenters. The SMILES string of the molecule is Cc1nn(Cc2ccc(Cl)cc2Cl)c2sc(C(=O)Nc3cccc4c(=O)n(C5CCC(=O)NC5=O)c(C)nc34)cc12. The van der Waals surface area contributed by atoms with E-state index < -0.39 is 17.5 Å². The van der Waals surface area contributed by atoms with Crippen LogP contribution in [0.1, 0.15) is 45.6 Å². The predicted molar refractivity (Wildman–Crippen MR) is 158 cm³/mol. The summed E-state index contributed by atoms with van der Waals surface area (Å²) in [5.41, 5.74) is 1.88. The number of para-hydroxylation sites is 1. The van der Waals surface area contributed by atoms with Crippen LogP contribution in [-0.4, -0.2) is 37.1 Å². The molecule has 0 saturated carbocycles. The summed E-state index contributed by atoms with van der Waals surface area (Å²) >= 11 is 13.7. The van der Waals surface area contributed by atoms with Gasteiger partial charge in [-0.25, -0.2) is 4.98 Å². The first-order valence-electron chi connectivity index (χ1n) is 12.7. The first kappa shape index (κ1) is 27.1. The molecule has 0 aliphatic carbocycles. The zero-order valence-electron chi connectivity index (χ0n) is 21.8. The van der Waals surface area contributed by atoms with Crippen molar-refractivity contribution in [3.05, 3.63) is 84.8 Å². The Kier molecular flexibility index (Phi) is 6.88. The molecule has 208 valence electrons. The van der Waals surface area contributed by atoms with Gasteiger partial charge in [0.05, 0.1) is 28.2 Å². The molecule has 3 amide bonds. The summed E-state index contributed by atoms with van der Waals surface area (Å²) in [4.78, 5) is 56.8. The molecule has 13 heteroatoms. The zero-order valence-corrected chi connectivity index (χ0v) is 24.2. The van der Waals surface area contributed by atoms with Gasteiger partial charge in [-0.15, -0.1) is 11.3 Å². The summed E-state index contributed by atoms with van der Waals surface area (Å²) in [6.45, 7) is 3.91. The first-order chi connectivity index (χ1) is 19.6. The van der Waals surface area contributed by atoms with E-state index in [1.165, 1.54) is 15.9 Å². The van der Waals surface area contributed by atoms with E-state index in [0.717, 1.165) is 21.5 Å². The van der Waals surface area contributed by atoms with Gasteiger partial charge in [-0.05, 0) is 56.2 Å². The number of aromatic nitrogens is 4. The normalized spacial score (nSPS) is 15.5. The molecule has 1 fully saturated rings. The van der Waals surface area contributed by atoms with Crippen LogP contribution >= 0.6 is 34.5 Å². The third-order valence-electron chi connectivity index (χ3n) is 7.04. The van der Waals surface area contributed by atoms with Gasteiger partial charge in [-0.3, -0.25) is 33.7 Å². The van der Waals surface area contributed by atoms with E-state index in [0.29, 0.717) is 38.5 Å². The van der Waals surface area contributed by atoms with Gasteiger partial charge in [0.1, 0.15) is 22.2 Å². The lowest BCUT2D eigenvalue weighted by atomic mass is 10.1. The topological polar surface area (TPSA) is 128 Å². The standard InChI is InChI=1S/C28H22Cl2N6O4S/c1-13-18-11-22(41-28(18)35(34-13)12-15-6-7-16(29)10-19(15)30)26(39)32-20-5-3-4-17-24(20)31-14(2)36(27(17)40)21-8-9-23(37)33-25(21)38/h3-7,10-11,21H,8-9,12H2,1-2H3,(H,32,39)(H,33,37,38).